The second kappa shape index (κ2) is 6.21. The second-order valence-corrected chi connectivity index (χ2v) is 5.74. The number of likely N-dealkylation sites (tertiary alicyclic amines) is 1. The third kappa shape index (κ3) is 2.78. The van der Waals surface area contributed by atoms with Gasteiger partial charge in [0.2, 0.25) is 0 Å². The highest BCUT2D eigenvalue weighted by atomic mass is 35.5. The molecule has 1 saturated heterocycles. The first-order chi connectivity index (χ1) is 9.10. The van der Waals surface area contributed by atoms with Crippen molar-refractivity contribution in [1.82, 2.24) is 4.90 Å². The van der Waals surface area contributed by atoms with Crippen LogP contribution in [0.1, 0.15) is 44.7 Å². The molecule has 0 spiro atoms. The minimum Gasteiger partial charge on any atom is -0.329 e. The van der Waals surface area contributed by atoms with Gasteiger partial charge in [-0.15, -0.1) is 0 Å². The normalized spacial score (nSPS) is 25.7. The van der Waals surface area contributed by atoms with Crippen molar-refractivity contribution >= 4 is 11.6 Å². The van der Waals surface area contributed by atoms with Gasteiger partial charge in [0.05, 0.1) is 11.1 Å². The van der Waals surface area contributed by atoms with Crippen LogP contribution in [0.2, 0.25) is 5.02 Å². The topological polar surface area (TPSA) is 29.3 Å². The summed E-state index contributed by atoms with van der Waals surface area (Å²) >= 11 is 5.89. The van der Waals surface area contributed by atoms with Crippen molar-refractivity contribution in [2.45, 2.75) is 51.2 Å². The molecule has 1 heterocycles. The molecule has 0 saturated carbocycles. The van der Waals surface area contributed by atoms with Gasteiger partial charge in [0.1, 0.15) is 5.82 Å². The molecule has 3 atom stereocenters. The highest BCUT2D eigenvalue weighted by Crippen LogP contribution is 2.36. The Hall–Kier alpha value is -0.640. The molecular weight excluding hydrogens is 263 g/mol. The van der Waals surface area contributed by atoms with E-state index < -0.39 is 0 Å². The quantitative estimate of drug-likeness (QED) is 0.912. The van der Waals surface area contributed by atoms with Crippen molar-refractivity contribution in [3.05, 3.63) is 34.6 Å². The van der Waals surface area contributed by atoms with Gasteiger partial charge in [-0.3, -0.25) is 4.90 Å². The van der Waals surface area contributed by atoms with E-state index in [0.29, 0.717) is 24.2 Å². The largest absolute Gasteiger partial charge is 0.329 e. The third-order valence-electron chi connectivity index (χ3n) is 4.24. The van der Waals surface area contributed by atoms with E-state index >= 15 is 0 Å². The molecule has 0 bridgehead atoms. The third-order valence-corrected chi connectivity index (χ3v) is 4.54. The molecule has 1 aliphatic rings. The monoisotopic (exact) mass is 284 g/mol. The van der Waals surface area contributed by atoms with Crippen LogP contribution in [0, 0.1) is 5.82 Å². The van der Waals surface area contributed by atoms with Crippen LogP contribution in [0.15, 0.2) is 18.2 Å². The number of hydrogen-bond donors (Lipinski definition) is 1. The van der Waals surface area contributed by atoms with Crippen molar-refractivity contribution in [1.29, 1.82) is 0 Å². The zero-order valence-corrected chi connectivity index (χ0v) is 12.3. The lowest BCUT2D eigenvalue weighted by Crippen LogP contribution is -2.41. The lowest BCUT2D eigenvalue weighted by molar-refractivity contribution is 0.134. The molecule has 1 aromatic carbocycles. The molecule has 0 amide bonds. The summed E-state index contributed by atoms with van der Waals surface area (Å²) in [6.45, 7) is 4.79. The van der Waals surface area contributed by atoms with E-state index in [-0.39, 0.29) is 16.9 Å². The lowest BCUT2D eigenvalue weighted by Gasteiger charge is -2.36. The van der Waals surface area contributed by atoms with Gasteiger partial charge in [-0.25, -0.2) is 4.39 Å². The first-order valence-electron chi connectivity index (χ1n) is 7.01. The van der Waals surface area contributed by atoms with Gasteiger partial charge in [0, 0.05) is 24.2 Å². The molecule has 106 valence electrons. The molecule has 2 nitrogen and oxygen atoms in total. The zero-order chi connectivity index (χ0) is 14.0. The fourth-order valence-electron chi connectivity index (χ4n) is 3.26. The fraction of sp³-hybridized carbons (Fsp3) is 0.600. The molecule has 2 N–H and O–H groups in total. The van der Waals surface area contributed by atoms with Crippen molar-refractivity contribution in [2.24, 2.45) is 5.73 Å². The summed E-state index contributed by atoms with van der Waals surface area (Å²) in [5, 5.41) is 0.177. The van der Waals surface area contributed by atoms with E-state index in [1.165, 1.54) is 0 Å². The van der Waals surface area contributed by atoms with Crippen LogP contribution in [-0.4, -0.2) is 23.5 Å². The molecule has 1 aromatic rings. The Bertz CT molecular complexity index is 438. The van der Waals surface area contributed by atoms with E-state index in [9.17, 15) is 4.39 Å². The SMILES string of the molecule is CCC1CCC(C)N1C(CN)c1cccc(Cl)c1F. The summed E-state index contributed by atoms with van der Waals surface area (Å²) in [5.74, 6) is -0.325. The van der Waals surface area contributed by atoms with Crippen LogP contribution >= 0.6 is 11.6 Å². The molecule has 0 aromatic heterocycles. The van der Waals surface area contributed by atoms with Gasteiger partial charge < -0.3 is 5.73 Å². The molecule has 1 fully saturated rings. The van der Waals surface area contributed by atoms with Gasteiger partial charge in [0.15, 0.2) is 0 Å². The minimum absolute atomic E-state index is 0.0823. The summed E-state index contributed by atoms with van der Waals surface area (Å²) in [6, 6.07) is 6.03. The average Bonchev–Trinajstić information content (AvgIpc) is 2.77. The molecule has 3 unspecified atom stereocenters. The number of nitrogens with zero attached hydrogens (tertiary/aromatic N) is 1. The number of nitrogens with two attached hydrogens (primary N) is 1. The first-order valence-corrected chi connectivity index (χ1v) is 7.39. The molecule has 2 rings (SSSR count). The van der Waals surface area contributed by atoms with Gasteiger partial charge in [-0.05, 0) is 32.3 Å². The summed E-state index contributed by atoms with van der Waals surface area (Å²) in [7, 11) is 0. The highest BCUT2D eigenvalue weighted by Gasteiger charge is 2.36. The maximum Gasteiger partial charge on any atom is 0.146 e. The van der Waals surface area contributed by atoms with Gasteiger partial charge in [0.25, 0.3) is 0 Å². The molecule has 19 heavy (non-hydrogen) atoms. The second-order valence-electron chi connectivity index (χ2n) is 5.33. The van der Waals surface area contributed by atoms with Crippen LogP contribution in [0.4, 0.5) is 4.39 Å². The predicted octanol–water partition coefficient (Wildman–Crippen LogP) is 3.74. The van der Waals surface area contributed by atoms with Crippen molar-refractivity contribution in [2.75, 3.05) is 6.54 Å². The highest BCUT2D eigenvalue weighted by molar-refractivity contribution is 6.30. The Labute approximate surface area is 119 Å². The molecule has 1 aliphatic heterocycles. The maximum atomic E-state index is 14.2. The van der Waals surface area contributed by atoms with Crippen LogP contribution in [0.25, 0.3) is 0 Å². The Balaban J connectivity index is 2.36. The van der Waals surface area contributed by atoms with Gasteiger partial charge >= 0.3 is 0 Å². The van der Waals surface area contributed by atoms with Crippen LogP contribution < -0.4 is 5.73 Å². The smallest absolute Gasteiger partial charge is 0.146 e. The van der Waals surface area contributed by atoms with E-state index in [1.54, 1.807) is 18.2 Å². The Kier molecular flexibility index (Phi) is 4.82. The van der Waals surface area contributed by atoms with Gasteiger partial charge in [-0.1, -0.05) is 30.7 Å². The lowest BCUT2D eigenvalue weighted by atomic mass is 10.0. The summed E-state index contributed by atoms with van der Waals surface area (Å²) < 4.78 is 14.2. The Morgan fingerprint density at radius 2 is 2.21 bits per heavy atom. The van der Waals surface area contributed by atoms with Crippen molar-refractivity contribution in [3.8, 4) is 0 Å². The van der Waals surface area contributed by atoms with Crippen molar-refractivity contribution < 1.29 is 4.39 Å². The number of halogens is 2. The average molecular weight is 285 g/mol. The Morgan fingerprint density at radius 1 is 1.47 bits per heavy atom. The van der Waals surface area contributed by atoms with Crippen molar-refractivity contribution in [3.63, 3.8) is 0 Å². The van der Waals surface area contributed by atoms with E-state index in [4.69, 9.17) is 17.3 Å². The van der Waals surface area contributed by atoms with Crippen LogP contribution in [0.5, 0.6) is 0 Å². The fourth-order valence-corrected chi connectivity index (χ4v) is 3.44. The summed E-state index contributed by atoms with van der Waals surface area (Å²) in [6.07, 6.45) is 3.39. The number of rotatable bonds is 4. The van der Waals surface area contributed by atoms with E-state index in [2.05, 4.69) is 18.7 Å². The molecule has 0 aliphatic carbocycles. The summed E-state index contributed by atoms with van der Waals surface area (Å²) in [5.41, 5.74) is 6.56. The molecule has 0 radical (unpaired) electrons. The Morgan fingerprint density at radius 3 is 2.84 bits per heavy atom. The molecule has 4 heteroatoms. The van der Waals surface area contributed by atoms with Crippen LogP contribution in [0.3, 0.4) is 0 Å². The van der Waals surface area contributed by atoms with Gasteiger partial charge in [-0.2, -0.15) is 0 Å². The summed E-state index contributed by atoms with van der Waals surface area (Å²) in [4.78, 5) is 2.37. The predicted molar refractivity (Wildman–Crippen MR) is 77.8 cm³/mol. The number of hydrogen-bond acceptors (Lipinski definition) is 2. The van der Waals surface area contributed by atoms with Crippen LogP contribution in [-0.2, 0) is 0 Å². The van der Waals surface area contributed by atoms with E-state index in [0.717, 1.165) is 19.3 Å². The zero-order valence-electron chi connectivity index (χ0n) is 11.6. The first kappa shape index (κ1) is 14.8. The minimum atomic E-state index is -0.325. The molecular formula is C15H22ClFN2. The maximum absolute atomic E-state index is 14.2. The number of benzene rings is 1. The van der Waals surface area contributed by atoms with E-state index in [1.807, 2.05) is 0 Å². The standard InChI is InChI=1S/C15H22ClFN2/c1-3-11-8-7-10(2)19(11)14(9-18)12-5-4-6-13(16)15(12)17/h4-6,10-11,14H,3,7-9,18H2,1-2H3.